The fraction of sp³-hybridized carbons (Fsp3) is 0.296. The van der Waals surface area contributed by atoms with Crippen LogP contribution in [0.1, 0.15) is 52.4 Å². The number of hydrogen-bond donors (Lipinski definition) is 1. The Morgan fingerprint density at radius 1 is 0.941 bits per heavy atom. The molecule has 0 bridgehead atoms. The molecule has 1 heterocycles. The summed E-state index contributed by atoms with van der Waals surface area (Å²) in [6, 6.07) is 21.1. The molecular formula is C27H30N2O4S. The molecule has 4 rings (SSSR count). The minimum Gasteiger partial charge on any atom is -0.496 e. The highest BCUT2D eigenvalue weighted by Crippen LogP contribution is 2.29. The zero-order chi connectivity index (χ0) is 24.1. The molecule has 0 unspecified atom stereocenters. The quantitative estimate of drug-likeness (QED) is 0.534. The summed E-state index contributed by atoms with van der Waals surface area (Å²) in [5.41, 5.74) is 2.95. The van der Waals surface area contributed by atoms with E-state index >= 15 is 0 Å². The zero-order valence-corrected chi connectivity index (χ0v) is 20.3. The first kappa shape index (κ1) is 24.0. The molecule has 1 aliphatic heterocycles. The van der Waals surface area contributed by atoms with Crippen LogP contribution in [0.3, 0.4) is 0 Å². The molecule has 6 nitrogen and oxygen atoms in total. The van der Waals surface area contributed by atoms with Gasteiger partial charge in [-0.05, 0) is 61.1 Å². The second-order valence-corrected chi connectivity index (χ2v) is 10.3. The molecule has 1 saturated heterocycles. The van der Waals surface area contributed by atoms with Gasteiger partial charge in [-0.1, -0.05) is 54.6 Å². The standard InChI is InChI=1S/C27H30N2O4S/c1-20-11-7-8-14-23(20)26(21-12-5-3-6-13-21)28-34(31,32)22-15-16-25(33-2)24(19-22)27(30)29-17-9-4-10-18-29/h3,5-8,11-16,19,26,28H,4,9-10,17-18H2,1-2H3/t26-/m0/s1. The van der Waals surface area contributed by atoms with E-state index in [-0.39, 0.29) is 16.4 Å². The van der Waals surface area contributed by atoms with Crippen molar-refractivity contribution in [2.24, 2.45) is 0 Å². The van der Waals surface area contributed by atoms with Crippen LogP contribution in [0.15, 0.2) is 77.7 Å². The number of rotatable bonds is 7. The smallest absolute Gasteiger partial charge is 0.257 e. The van der Waals surface area contributed by atoms with Crippen LogP contribution in [0, 0.1) is 6.92 Å². The highest BCUT2D eigenvalue weighted by atomic mass is 32.2. The first-order valence-electron chi connectivity index (χ1n) is 11.5. The number of benzene rings is 3. The first-order chi connectivity index (χ1) is 16.4. The Bertz CT molecular complexity index is 1250. The molecule has 3 aromatic rings. The Kier molecular flexibility index (Phi) is 7.34. The number of nitrogens with zero attached hydrogens (tertiary/aromatic N) is 1. The summed E-state index contributed by atoms with van der Waals surface area (Å²) in [5, 5.41) is 0. The van der Waals surface area contributed by atoms with Gasteiger partial charge in [0, 0.05) is 13.1 Å². The summed E-state index contributed by atoms with van der Waals surface area (Å²) < 4.78 is 35.4. The minimum atomic E-state index is -3.96. The molecule has 34 heavy (non-hydrogen) atoms. The van der Waals surface area contributed by atoms with Crippen LogP contribution in [-0.4, -0.2) is 39.4 Å². The van der Waals surface area contributed by atoms with Crippen LogP contribution < -0.4 is 9.46 Å². The summed E-state index contributed by atoms with van der Waals surface area (Å²) in [6.07, 6.45) is 2.99. The second kappa shape index (κ2) is 10.4. The lowest BCUT2D eigenvalue weighted by atomic mass is 9.96. The lowest BCUT2D eigenvalue weighted by Crippen LogP contribution is -2.36. The maximum absolute atomic E-state index is 13.6. The summed E-state index contributed by atoms with van der Waals surface area (Å²) >= 11 is 0. The Hall–Kier alpha value is -3.16. The molecule has 0 radical (unpaired) electrons. The molecule has 1 amide bonds. The van der Waals surface area contributed by atoms with Crippen molar-refractivity contribution in [3.63, 3.8) is 0 Å². The molecule has 178 valence electrons. The average Bonchev–Trinajstić information content (AvgIpc) is 2.88. The van der Waals surface area contributed by atoms with Gasteiger partial charge in [0.2, 0.25) is 10.0 Å². The molecule has 0 spiro atoms. The van der Waals surface area contributed by atoms with E-state index in [4.69, 9.17) is 4.74 Å². The summed E-state index contributed by atoms with van der Waals surface area (Å²) in [4.78, 5) is 15.0. The number of likely N-dealkylation sites (tertiary alicyclic amines) is 1. The number of carbonyl (C=O) groups excluding carboxylic acids is 1. The molecule has 1 atom stereocenters. The van der Waals surface area contributed by atoms with E-state index in [2.05, 4.69) is 4.72 Å². The van der Waals surface area contributed by atoms with Crippen molar-refractivity contribution in [2.45, 2.75) is 37.1 Å². The molecule has 0 aromatic heterocycles. The third-order valence-corrected chi connectivity index (χ3v) is 7.68. The fourth-order valence-corrected chi connectivity index (χ4v) is 5.61. The van der Waals surface area contributed by atoms with E-state index in [1.54, 1.807) is 11.0 Å². The Morgan fingerprint density at radius 2 is 1.62 bits per heavy atom. The molecule has 0 aliphatic carbocycles. The topological polar surface area (TPSA) is 75.7 Å². The normalized spacial score (nSPS) is 15.1. The highest BCUT2D eigenvalue weighted by Gasteiger charge is 2.27. The minimum absolute atomic E-state index is 0.0307. The van der Waals surface area contributed by atoms with Gasteiger partial charge in [-0.2, -0.15) is 4.72 Å². The zero-order valence-electron chi connectivity index (χ0n) is 19.5. The number of sulfonamides is 1. The number of methoxy groups -OCH3 is 1. The summed E-state index contributed by atoms with van der Waals surface area (Å²) in [7, 11) is -2.48. The van der Waals surface area contributed by atoms with Crippen LogP contribution in [0.5, 0.6) is 5.75 Å². The van der Waals surface area contributed by atoms with E-state index < -0.39 is 16.1 Å². The Balaban J connectivity index is 1.71. The fourth-order valence-electron chi connectivity index (χ4n) is 4.38. The predicted octanol–water partition coefficient (Wildman–Crippen LogP) is 4.70. The lowest BCUT2D eigenvalue weighted by Gasteiger charge is -2.27. The van der Waals surface area contributed by atoms with Crippen molar-refractivity contribution in [2.75, 3.05) is 20.2 Å². The van der Waals surface area contributed by atoms with Crippen LogP contribution in [0.4, 0.5) is 0 Å². The number of amides is 1. The molecule has 7 heteroatoms. The molecule has 3 aromatic carbocycles. The van der Waals surface area contributed by atoms with Crippen LogP contribution in [0.25, 0.3) is 0 Å². The first-order valence-corrected chi connectivity index (χ1v) is 13.0. The summed E-state index contributed by atoms with van der Waals surface area (Å²) in [6.45, 7) is 3.30. The number of aryl methyl sites for hydroxylation is 1. The van der Waals surface area contributed by atoms with Gasteiger partial charge in [-0.3, -0.25) is 4.79 Å². The summed E-state index contributed by atoms with van der Waals surface area (Å²) in [5.74, 6) is 0.167. The van der Waals surface area contributed by atoms with E-state index in [0.717, 1.165) is 36.0 Å². The largest absolute Gasteiger partial charge is 0.496 e. The number of hydrogen-bond acceptors (Lipinski definition) is 4. The van der Waals surface area contributed by atoms with Gasteiger partial charge in [0.05, 0.1) is 23.6 Å². The van der Waals surface area contributed by atoms with Crippen molar-refractivity contribution >= 4 is 15.9 Å². The van der Waals surface area contributed by atoms with E-state index in [1.165, 1.54) is 19.2 Å². The monoisotopic (exact) mass is 478 g/mol. The number of piperidine rings is 1. The van der Waals surface area contributed by atoms with Crippen LogP contribution in [-0.2, 0) is 10.0 Å². The maximum atomic E-state index is 13.6. The van der Waals surface area contributed by atoms with Gasteiger partial charge in [-0.15, -0.1) is 0 Å². The van der Waals surface area contributed by atoms with Gasteiger partial charge in [-0.25, -0.2) is 8.42 Å². The van der Waals surface area contributed by atoms with E-state index in [0.29, 0.717) is 18.8 Å². The van der Waals surface area contributed by atoms with Crippen molar-refractivity contribution in [3.8, 4) is 5.75 Å². The molecular weight excluding hydrogens is 448 g/mol. The van der Waals surface area contributed by atoms with Gasteiger partial charge in [0.1, 0.15) is 5.75 Å². The van der Waals surface area contributed by atoms with Crippen molar-refractivity contribution in [1.82, 2.24) is 9.62 Å². The van der Waals surface area contributed by atoms with E-state index in [9.17, 15) is 13.2 Å². The van der Waals surface area contributed by atoms with Crippen molar-refractivity contribution < 1.29 is 17.9 Å². The van der Waals surface area contributed by atoms with E-state index in [1.807, 2.05) is 61.5 Å². The van der Waals surface area contributed by atoms with Gasteiger partial charge < -0.3 is 9.64 Å². The molecule has 0 saturated carbocycles. The molecule has 1 aliphatic rings. The predicted molar refractivity (Wildman–Crippen MR) is 133 cm³/mol. The van der Waals surface area contributed by atoms with Gasteiger partial charge in [0.15, 0.2) is 0 Å². The maximum Gasteiger partial charge on any atom is 0.257 e. The molecule has 1 N–H and O–H groups in total. The number of nitrogens with one attached hydrogen (secondary N) is 1. The highest BCUT2D eigenvalue weighted by molar-refractivity contribution is 7.89. The van der Waals surface area contributed by atoms with Gasteiger partial charge >= 0.3 is 0 Å². The SMILES string of the molecule is COc1ccc(S(=O)(=O)N[C@@H](c2ccccc2)c2ccccc2C)cc1C(=O)N1CCCCC1. The van der Waals surface area contributed by atoms with Gasteiger partial charge in [0.25, 0.3) is 5.91 Å². The lowest BCUT2D eigenvalue weighted by molar-refractivity contribution is 0.0720. The Labute approximate surface area is 201 Å². The third-order valence-electron chi connectivity index (χ3n) is 6.26. The Morgan fingerprint density at radius 3 is 2.29 bits per heavy atom. The van der Waals surface area contributed by atoms with Crippen molar-refractivity contribution in [1.29, 1.82) is 0 Å². The number of carbonyl (C=O) groups is 1. The van der Waals surface area contributed by atoms with Crippen LogP contribution in [0.2, 0.25) is 0 Å². The second-order valence-electron chi connectivity index (χ2n) is 8.54. The van der Waals surface area contributed by atoms with Crippen LogP contribution >= 0.6 is 0 Å². The van der Waals surface area contributed by atoms with Crippen molar-refractivity contribution in [3.05, 3.63) is 95.1 Å². The molecule has 1 fully saturated rings. The third kappa shape index (κ3) is 5.16. The number of ether oxygens (including phenoxy) is 1. The average molecular weight is 479 g/mol.